The van der Waals surface area contributed by atoms with Gasteiger partial charge < -0.3 is 15.8 Å². The van der Waals surface area contributed by atoms with Gasteiger partial charge in [-0.2, -0.15) is 0 Å². The van der Waals surface area contributed by atoms with Crippen LogP contribution in [0.3, 0.4) is 0 Å². The van der Waals surface area contributed by atoms with E-state index in [2.05, 4.69) is 21.2 Å². The Labute approximate surface area is 137 Å². The second-order valence-corrected chi connectivity index (χ2v) is 5.33. The number of hydrogen-bond acceptors (Lipinski definition) is 3. The number of hydrogen-bond donors (Lipinski definition) is 2. The summed E-state index contributed by atoms with van der Waals surface area (Å²) in [7, 11) is 0. The van der Waals surface area contributed by atoms with Crippen LogP contribution in [0.15, 0.2) is 22.7 Å². The SMILES string of the molecule is Cc1ccc(OC(C)C(=O)NCC(F)(F)CN)c(Br)c1.Cl. The van der Waals surface area contributed by atoms with Gasteiger partial charge >= 0.3 is 0 Å². The van der Waals surface area contributed by atoms with E-state index < -0.39 is 31.0 Å². The predicted molar refractivity (Wildman–Crippen MR) is 83.2 cm³/mol. The van der Waals surface area contributed by atoms with Gasteiger partial charge in [-0.1, -0.05) is 6.07 Å². The van der Waals surface area contributed by atoms with Gasteiger partial charge in [-0.15, -0.1) is 12.4 Å². The van der Waals surface area contributed by atoms with Crippen molar-refractivity contribution in [3.63, 3.8) is 0 Å². The molecule has 0 spiro atoms. The Morgan fingerprint density at radius 3 is 2.67 bits per heavy atom. The van der Waals surface area contributed by atoms with Gasteiger partial charge in [0.15, 0.2) is 6.10 Å². The second kappa shape index (κ2) is 8.51. The maximum Gasteiger partial charge on any atom is 0.277 e. The lowest BCUT2D eigenvalue weighted by Crippen LogP contribution is -2.45. The highest BCUT2D eigenvalue weighted by Gasteiger charge is 2.28. The molecule has 0 bridgehead atoms. The molecule has 0 aliphatic heterocycles. The van der Waals surface area contributed by atoms with Gasteiger partial charge in [-0.25, -0.2) is 8.78 Å². The molecule has 8 heteroatoms. The van der Waals surface area contributed by atoms with Gasteiger partial charge in [-0.3, -0.25) is 4.79 Å². The van der Waals surface area contributed by atoms with Crippen molar-refractivity contribution >= 4 is 34.2 Å². The highest BCUT2D eigenvalue weighted by atomic mass is 79.9. The van der Waals surface area contributed by atoms with E-state index in [0.29, 0.717) is 10.2 Å². The summed E-state index contributed by atoms with van der Waals surface area (Å²) in [5.41, 5.74) is 5.92. The topological polar surface area (TPSA) is 64.3 Å². The fraction of sp³-hybridized carbons (Fsp3) is 0.462. The molecule has 21 heavy (non-hydrogen) atoms. The van der Waals surface area contributed by atoms with Crippen LogP contribution in [0.2, 0.25) is 0 Å². The number of ether oxygens (including phenoxy) is 1. The maximum atomic E-state index is 12.9. The monoisotopic (exact) mass is 386 g/mol. The number of amides is 1. The van der Waals surface area contributed by atoms with Crippen molar-refractivity contribution in [3.8, 4) is 5.75 Å². The highest BCUT2D eigenvalue weighted by molar-refractivity contribution is 9.10. The zero-order chi connectivity index (χ0) is 15.3. The number of alkyl halides is 2. The molecule has 0 aliphatic rings. The normalized spacial score (nSPS) is 12.3. The average molecular weight is 388 g/mol. The minimum atomic E-state index is -3.11. The number of aryl methyl sites for hydroxylation is 1. The summed E-state index contributed by atoms with van der Waals surface area (Å²) >= 11 is 3.31. The van der Waals surface area contributed by atoms with Crippen LogP contribution in [-0.2, 0) is 4.79 Å². The summed E-state index contributed by atoms with van der Waals surface area (Å²) in [6, 6.07) is 5.37. The van der Waals surface area contributed by atoms with Crippen LogP contribution in [-0.4, -0.2) is 31.0 Å². The predicted octanol–water partition coefficient (Wildman–Crippen LogP) is 2.66. The summed E-state index contributed by atoms with van der Waals surface area (Å²) in [6.45, 7) is 1.79. The molecule has 0 radical (unpaired) electrons. The highest BCUT2D eigenvalue weighted by Crippen LogP contribution is 2.26. The molecular weight excluding hydrogens is 370 g/mol. The molecule has 1 aromatic rings. The van der Waals surface area contributed by atoms with Crippen LogP contribution < -0.4 is 15.8 Å². The molecule has 0 saturated heterocycles. The van der Waals surface area contributed by atoms with Crippen LogP contribution >= 0.6 is 28.3 Å². The van der Waals surface area contributed by atoms with E-state index in [4.69, 9.17) is 10.5 Å². The fourth-order valence-corrected chi connectivity index (χ4v) is 1.96. The van der Waals surface area contributed by atoms with Crippen molar-refractivity contribution in [2.45, 2.75) is 25.9 Å². The zero-order valence-electron chi connectivity index (χ0n) is 11.7. The first kappa shape index (κ1) is 20.1. The molecular formula is C13H18BrClF2N2O2. The molecule has 0 saturated carbocycles. The Bertz CT molecular complexity index is 489. The molecule has 4 nitrogen and oxygen atoms in total. The van der Waals surface area contributed by atoms with E-state index in [9.17, 15) is 13.6 Å². The Morgan fingerprint density at radius 2 is 2.14 bits per heavy atom. The number of carbonyl (C=O) groups excluding carboxylic acids is 1. The molecule has 0 heterocycles. The summed E-state index contributed by atoms with van der Waals surface area (Å²) in [5.74, 6) is -3.26. The molecule has 0 aromatic heterocycles. The van der Waals surface area contributed by atoms with E-state index in [-0.39, 0.29) is 12.4 Å². The third-order valence-corrected chi connectivity index (χ3v) is 3.20. The van der Waals surface area contributed by atoms with Crippen molar-refractivity contribution in [2.75, 3.05) is 13.1 Å². The van der Waals surface area contributed by atoms with E-state index in [1.54, 1.807) is 6.07 Å². The van der Waals surface area contributed by atoms with Crippen LogP contribution in [0.4, 0.5) is 8.78 Å². The minimum Gasteiger partial charge on any atom is -0.480 e. The smallest absolute Gasteiger partial charge is 0.277 e. The molecule has 1 aromatic carbocycles. The van der Waals surface area contributed by atoms with Crippen LogP contribution in [0, 0.1) is 6.92 Å². The maximum absolute atomic E-state index is 12.9. The first-order chi connectivity index (χ1) is 9.25. The first-order valence-electron chi connectivity index (χ1n) is 6.03. The lowest BCUT2D eigenvalue weighted by Gasteiger charge is -2.18. The molecule has 3 N–H and O–H groups in total. The summed E-state index contributed by atoms with van der Waals surface area (Å²) in [5, 5.41) is 2.12. The van der Waals surface area contributed by atoms with Crippen molar-refractivity contribution < 1.29 is 18.3 Å². The van der Waals surface area contributed by atoms with Gasteiger partial charge in [0.25, 0.3) is 11.8 Å². The molecule has 1 unspecified atom stereocenters. The number of nitrogens with two attached hydrogens (primary N) is 1. The molecule has 1 atom stereocenters. The number of benzene rings is 1. The first-order valence-corrected chi connectivity index (χ1v) is 6.83. The van der Waals surface area contributed by atoms with Crippen molar-refractivity contribution in [2.24, 2.45) is 5.73 Å². The molecule has 1 amide bonds. The van der Waals surface area contributed by atoms with E-state index in [0.717, 1.165) is 5.56 Å². The average Bonchev–Trinajstić information content (AvgIpc) is 2.39. The molecule has 1 rings (SSSR count). The number of rotatable bonds is 6. The Morgan fingerprint density at radius 1 is 1.52 bits per heavy atom. The number of carbonyl (C=O) groups is 1. The Hall–Kier alpha value is -0.920. The van der Waals surface area contributed by atoms with E-state index in [1.807, 2.05) is 19.1 Å². The lowest BCUT2D eigenvalue weighted by atomic mass is 10.2. The van der Waals surface area contributed by atoms with Gasteiger partial charge in [0.1, 0.15) is 5.75 Å². The van der Waals surface area contributed by atoms with Crippen LogP contribution in [0.5, 0.6) is 5.75 Å². The lowest BCUT2D eigenvalue weighted by molar-refractivity contribution is -0.129. The van der Waals surface area contributed by atoms with Crippen molar-refractivity contribution in [1.82, 2.24) is 5.32 Å². The fourth-order valence-electron chi connectivity index (χ4n) is 1.38. The van der Waals surface area contributed by atoms with Gasteiger partial charge in [0.05, 0.1) is 17.6 Å². The van der Waals surface area contributed by atoms with Gasteiger partial charge in [0, 0.05) is 0 Å². The number of halogens is 4. The molecule has 0 aliphatic carbocycles. The van der Waals surface area contributed by atoms with E-state index in [1.165, 1.54) is 6.92 Å². The van der Waals surface area contributed by atoms with Gasteiger partial charge in [0.2, 0.25) is 0 Å². The van der Waals surface area contributed by atoms with Crippen molar-refractivity contribution in [3.05, 3.63) is 28.2 Å². The largest absolute Gasteiger partial charge is 0.480 e. The quantitative estimate of drug-likeness (QED) is 0.789. The summed E-state index contributed by atoms with van der Waals surface area (Å²) < 4.78 is 32.0. The third kappa shape index (κ3) is 6.58. The third-order valence-electron chi connectivity index (χ3n) is 2.58. The Kier molecular flexibility index (Phi) is 8.13. The van der Waals surface area contributed by atoms with E-state index >= 15 is 0 Å². The minimum absolute atomic E-state index is 0. The van der Waals surface area contributed by atoms with Crippen LogP contribution in [0.25, 0.3) is 0 Å². The van der Waals surface area contributed by atoms with Crippen LogP contribution in [0.1, 0.15) is 12.5 Å². The number of nitrogens with one attached hydrogen (secondary N) is 1. The second-order valence-electron chi connectivity index (χ2n) is 4.47. The molecule has 0 fully saturated rings. The Balaban J connectivity index is 0.00000400. The summed E-state index contributed by atoms with van der Waals surface area (Å²) in [4.78, 5) is 11.7. The van der Waals surface area contributed by atoms with Crippen molar-refractivity contribution in [1.29, 1.82) is 0 Å². The molecule has 120 valence electrons. The standard InChI is InChI=1S/C13H17BrF2N2O2.ClH/c1-8-3-4-11(10(14)5-8)20-9(2)12(19)18-7-13(15,16)6-17;/h3-5,9H,6-7,17H2,1-2H3,(H,18,19);1H. The van der Waals surface area contributed by atoms with Gasteiger partial charge in [-0.05, 0) is 47.5 Å². The summed E-state index contributed by atoms with van der Waals surface area (Å²) in [6.07, 6.45) is -0.886. The zero-order valence-corrected chi connectivity index (χ0v) is 14.1.